The molecule has 128 valence electrons. The first-order valence-corrected chi connectivity index (χ1v) is 8.74. The Morgan fingerprint density at radius 1 is 1.08 bits per heavy atom. The monoisotopic (exact) mass is 448 g/mol. The van der Waals surface area contributed by atoms with E-state index in [1.165, 1.54) is 0 Å². The van der Waals surface area contributed by atoms with Gasteiger partial charge in [-0.3, -0.25) is 0 Å². The topological polar surface area (TPSA) is 44.8 Å². The third-order valence-corrected chi connectivity index (χ3v) is 4.64. The van der Waals surface area contributed by atoms with Gasteiger partial charge in [0.2, 0.25) is 0 Å². The third kappa shape index (κ3) is 3.71. The van der Waals surface area contributed by atoms with Crippen molar-refractivity contribution >= 4 is 40.4 Å². The van der Waals surface area contributed by atoms with Crippen LogP contribution >= 0.6 is 22.6 Å². The van der Waals surface area contributed by atoms with Crippen LogP contribution in [0.2, 0.25) is 0 Å². The number of cyclic esters (lactones) is 1. The van der Waals surface area contributed by atoms with E-state index in [1.807, 2.05) is 43.3 Å². The van der Waals surface area contributed by atoms with E-state index in [2.05, 4.69) is 22.6 Å². The summed E-state index contributed by atoms with van der Waals surface area (Å²) in [6.07, 6.45) is 3.55. The Bertz CT molecular complexity index is 879. The Labute approximate surface area is 160 Å². The predicted molar refractivity (Wildman–Crippen MR) is 105 cm³/mol. The van der Waals surface area contributed by atoms with Gasteiger partial charge in [0.25, 0.3) is 0 Å². The lowest BCUT2D eigenvalue weighted by Gasteiger charge is -2.10. The zero-order chi connectivity index (χ0) is 18.0. The lowest BCUT2D eigenvalue weighted by atomic mass is 10.1. The van der Waals surface area contributed by atoms with Gasteiger partial charge < -0.3 is 14.2 Å². The van der Waals surface area contributed by atoms with Crippen molar-refractivity contribution < 1.29 is 19.0 Å². The fraction of sp³-hybridized carbons (Fsp3) is 0.150. The number of hydrogen-bond acceptors (Lipinski definition) is 4. The molecular weight excluding hydrogens is 431 g/mol. The Morgan fingerprint density at radius 2 is 1.80 bits per heavy atom. The van der Waals surface area contributed by atoms with Gasteiger partial charge in [0.05, 0.1) is 23.4 Å². The molecule has 0 aliphatic carbocycles. The maximum Gasteiger partial charge on any atom is 0.343 e. The number of hydrogen-bond donors (Lipinski definition) is 0. The first-order chi connectivity index (χ1) is 12.0. The highest BCUT2D eigenvalue weighted by Crippen LogP contribution is 2.35. The zero-order valence-corrected chi connectivity index (χ0v) is 16.3. The second-order valence-corrected chi connectivity index (χ2v) is 6.76. The van der Waals surface area contributed by atoms with E-state index in [-0.39, 0.29) is 5.97 Å². The van der Waals surface area contributed by atoms with Gasteiger partial charge in [-0.05, 0) is 59.4 Å². The Kier molecular flexibility index (Phi) is 5.13. The molecule has 1 aliphatic rings. The smallest absolute Gasteiger partial charge is 0.343 e. The lowest BCUT2D eigenvalue weighted by molar-refractivity contribution is -0.130. The van der Waals surface area contributed by atoms with Gasteiger partial charge >= 0.3 is 5.97 Å². The van der Waals surface area contributed by atoms with E-state index >= 15 is 0 Å². The maximum absolute atomic E-state index is 12.2. The summed E-state index contributed by atoms with van der Waals surface area (Å²) in [4.78, 5) is 12.2. The molecule has 2 aromatic carbocycles. The molecule has 0 N–H and O–H groups in total. The molecule has 0 atom stereocenters. The quantitative estimate of drug-likeness (QED) is 0.390. The van der Waals surface area contributed by atoms with E-state index in [4.69, 9.17) is 14.2 Å². The summed E-state index contributed by atoms with van der Waals surface area (Å²) in [6.45, 7) is 2.02. The molecule has 0 saturated carbocycles. The third-order valence-electron chi connectivity index (χ3n) is 3.84. The van der Waals surface area contributed by atoms with Gasteiger partial charge in [0.15, 0.2) is 11.5 Å². The highest BCUT2D eigenvalue weighted by Gasteiger charge is 2.22. The number of rotatable bonds is 4. The number of halogens is 1. The Hall–Kier alpha value is -2.28. The number of carbonyl (C=O) groups excluding carboxylic acids is 1. The van der Waals surface area contributed by atoms with E-state index in [0.29, 0.717) is 22.8 Å². The van der Waals surface area contributed by atoms with E-state index in [1.54, 1.807) is 26.4 Å². The number of methoxy groups -OCH3 is 2. The summed E-state index contributed by atoms with van der Waals surface area (Å²) in [5.41, 5.74) is 3.38. The molecule has 2 aromatic rings. The van der Waals surface area contributed by atoms with Crippen LogP contribution in [0.1, 0.15) is 16.7 Å². The van der Waals surface area contributed by atoms with Crippen LogP contribution in [-0.2, 0) is 9.53 Å². The van der Waals surface area contributed by atoms with Crippen molar-refractivity contribution in [1.29, 1.82) is 0 Å². The Morgan fingerprint density at radius 3 is 2.44 bits per heavy atom. The number of carbonyl (C=O) groups is 1. The molecule has 4 nitrogen and oxygen atoms in total. The lowest BCUT2D eigenvalue weighted by Crippen LogP contribution is -1.98. The molecular formula is C20H17IO4. The first-order valence-electron chi connectivity index (χ1n) is 7.66. The fourth-order valence-corrected chi connectivity index (χ4v) is 3.40. The minimum Gasteiger partial charge on any atom is -0.493 e. The summed E-state index contributed by atoms with van der Waals surface area (Å²) in [5.74, 6) is 1.50. The molecule has 0 radical (unpaired) electrons. The highest BCUT2D eigenvalue weighted by atomic mass is 127. The van der Waals surface area contributed by atoms with Gasteiger partial charge in [-0.2, -0.15) is 0 Å². The minimum atomic E-state index is -0.361. The summed E-state index contributed by atoms with van der Waals surface area (Å²) in [5, 5.41) is 0. The molecule has 1 heterocycles. The summed E-state index contributed by atoms with van der Waals surface area (Å²) >= 11 is 2.18. The number of aryl methyl sites for hydroxylation is 1. The summed E-state index contributed by atoms with van der Waals surface area (Å²) in [6, 6.07) is 11.6. The van der Waals surface area contributed by atoms with Gasteiger partial charge in [0, 0.05) is 5.56 Å². The van der Waals surface area contributed by atoms with Gasteiger partial charge in [0.1, 0.15) is 5.76 Å². The normalized spacial score (nSPS) is 15.1. The first kappa shape index (κ1) is 17.5. The maximum atomic E-state index is 12.2. The molecule has 1 aliphatic heterocycles. The zero-order valence-electron chi connectivity index (χ0n) is 14.1. The molecule has 0 amide bonds. The van der Waals surface area contributed by atoms with Gasteiger partial charge in [-0.25, -0.2) is 4.79 Å². The van der Waals surface area contributed by atoms with Crippen molar-refractivity contribution in [2.24, 2.45) is 0 Å². The van der Waals surface area contributed by atoms with Crippen molar-refractivity contribution in [1.82, 2.24) is 0 Å². The van der Waals surface area contributed by atoms with Crippen molar-refractivity contribution in [3.63, 3.8) is 0 Å². The second kappa shape index (κ2) is 7.31. The van der Waals surface area contributed by atoms with E-state index in [9.17, 15) is 4.79 Å². The summed E-state index contributed by atoms with van der Waals surface area (Å²) in [7, 11) is 3.19. The number of benzene rings is 2. The molecule has 25 heavy (non-hydrogen) atoms. The molecule has 3 rings (SSSR count). The average Bonchev–Trinajstić information content (AvgIpc) is 2.95. The molecule has 0 unspecified atom stereocenters. The van der Waals surface area contributed by atoms with Crippen LogP contribution in [0.15, 0.2) is 48.0 Å². The molecule has 0 spiro atoms. The Balaban J connectivity index is 1.97. The van der Waals surface area contributed by atoms with Gasteiger partial charge in [-0.1, -0.05) is 29.8 Å². The molecule has 0 aromatic heterocycles. The van der Waals surface area contributed by atoms with Gasteiger partial charge in [-0.15, -0.1) is 0 Å². The second-order valence-electron chi connectivity index (χ2n) is 5.60. The van der Waals surface area contributed by atoms with Crippen molar-refractivity contribution in [3.05, 3.63) is 68.3 Å². The van der Waals surface area contributed by atoms with E-state index in [0.717, 1.165) is 20.3 Å². The molecule has 0 saturated heterocycles. The SMILES string of the molecule is COc1cc(/C=C2/C=C(c3ccc(C)cc3)OC2=O)cc(I)c1OC. The largest absolute Gasteiger partial charge is 0.493 e. The van der Waals surface area contributed by atoms with Crippen LogP contribution in [-0.4, -0.2) is 20.2 Å². The van der Waals surface area contributed by atoms with E-state index < -0.39 is 0 Å². The fourth-order valence-electron chi connectivity index (χ4n) is 2.55. The molecule has 5 heteroatoms. The average molecular weight is 448 g/mol. The van der Waals surface area contributed by atoms with Crippen LogP contribution in [0.5, 0.6) is 11.5 Å². The van der Waals surface area contributed by atoms with Crippen molar-refractivity contribution in [2.75, 3.05) is 14.2 Å². The standard InChI is InChI=1S/C20H17IO4/c1-12-4-6-14(7-5-12)17-11-15(20(22)25-17)8-13-9-16(21)19(24-3)18(10-13)23-2/h4-11H,1-3H3/b15-8-. The van der Waals surface area contributed by atoms with Crippen LogP contribution in [0, 0.1) is 10.5 Å². The van der Waals surface area contributed by atoms with Crippen LogP contribution in [0.25, 0.3) is 11.8 Å². The van der Waals surface area contributed by atoms with Crippen molar-refractivity contribution in [2.45, 2.75) is 6.92 Å². The van der Waals surface area contributed by atoms with Crippen molar-refractivity contribution in [3.8, 4) is 11.5 Å². The predicted octanol–water partition coefficient (Wildman–Crippen LogP) is 4.60. The molecule has 0 fully saturated rings. The number of ether oxygens (including phenoxy) is 3. The number of esters is 1. The molecule has 0 bridgehead atoms. The van der Waals surface area contributed by atoms with Crippen LogP contribution in [0.4, 0.5) is 0 Å². The van der Waals surface area contributed by atoms with Crippen LogP contribution < -0.4 is 9.47 Å². The summed E-state index contributed by atoms with van der Waals surface area (Å²) < 4.78 is 17.0. The minimum absolute atomic E-state index is 0.361. The van der Waals surface area contributed by atoms with Crippen LogP contribution in [0.3, 0.4) is 0 Å². The highest BCUT2D eigenvalue weighted by molar-refractivity contribution is 14.1.